The molecule has 0 saturated carbocycles. The van der Waals surface area contributed by atoms with Gasteiger partial charge in [-0.2, -0.15) is 0 Å². The maximum atomic E-state index is 10.8. The highest BCUT2D eigenvalue weighted by molar-refractivity contribution is 5.87. The highest BCUT2D eigenvalue weighted by Gasteiger charge is 1.99. The van der Waals surface area contributed by atoms with E-state index in [0.29, 0.717) is 6.54 Å². The molecule has 0 saturated heterocycles. The summed E-state index contributed by atoms with van der Waals surface area (Å²) in [6.45, 7) is 4.14. The molecule has 3 nitrogen and oxygen atoms in total. The highest BCUT2D eigenvalue weighted by atomic mass is 16.1. The van der Waals surface area contributed by atoms with Gasteiger partial charge in [-0.1, -0.05) is 6.08 Å². The molecular formula is C7H14N2O. The average Bonchev–Trinajstić information content (AvgIpc) is 1.88. The van der Waals surface area contributed by atoms with Gasteiger partial charge in [-0.3, -0.25) is 4.79 Å². The predicted octanol–water partition coefficient (Wildman–Crippen LogP) is 0.0259. The van der Waals surface area contributed by atoms with Crippen molar-refractivity contribution in [2.24, 2.45) is 5.73 Å². The fourth-order valence-corrected chi connectivity index (χ4v) is 0.501. The SMILES string of the molecule is C/C=C/C(=O)NC(C)CN. The zero-order valence-corrected chi connectivity index (χ0v) is 6.42. The van der Waals surface area contributed by atoms with Gasteiger partial charge < -0.3 is 11.1 Å². The van der Waals surface area contributed by atoms with Crippen LogP contribution in [-0.4, -0.2) is 18.5 Å². The van der Waals surface area contributed by atoms with Gasteiger partial charge in [0.15, 0.2) is 0 Å². The van der Waals surface area contributed by atoms with E-state index in [1.165, 1.54) is 6.08 Å². The second-order valence-electron chi connectivity index (χ2n) is 2.15. The van der Waals surface area contributed by atoms with E-state index >= 15 is 0 Å². The molecule has 0 spiro atoms. The fraction of sp³-hybridized carbons (Fsp3) is 0.571. The first-order valence-corrected chi connectivity index (χ1v) is 3.34. The molecule has 0 heterocycles. The Kier molecular flexibility index (Phi) is 4.58. The van der Waals surface area contributed by atoms with Crippen LogP contribution in [0.25, 0.3) is 0 Å². The van der Waals surface area contributed by atoms with E-state index in [1.807, 2.05) is 6.92 Å². The molecule has 0 radical (unpaired) electrons. The Hall–Kier alpha value is -0.830. The maximum Gasteiger partial charge on any atom is 0.243 e. The molecule has 0 aliphatic rings. The van der Waals surface area contributed by atoms with Crippen LogP contribution in [0.5, 0.6) is 0 Å². The van der Waals surface area contributed by atoms with Crippen LogP contribution < -0.4 is 11.1 Å². The number of rotatable bonds is 3. The third-order valence-corrected chi connectivity index (χ3v) is 1.06. The lowest BCUT2D eigenvalue weighted by atomic mass is 10.3. The topological polar surface area (TPSA) is 55.1 Å². The molecule has 3 N–H and O–H groups in total. The Morgan fingerprint density at radius 2 is 2.40 bits per heavy atom. The molecule has 0 bridgehead atoms. The van der Waals surface area contributed by atoms with E-state index in [-0.39, 0.29) is 11.9 Å². The maximum absolute atomic E-state index is 10.8. The Morgan fingerprint density at radius 3 is 2.80 bits per heavy atom. The number of nitrogens with two attached hydrogens (primary N) is 1. The summed E-state index contributed by atoms with van der Waals surface area (Å²) in [4.78, 5) is 10.8. The standard InChI is InChI=1S/C7H14N2O/c1-3-4-7(10)9-6(2)5-8/h3-4,6H,5,8H2,1-2H3,(H,9,10)/b4-3+. The predicted molar refractivity (Wildman–Crippen MR) is 41.5 cm³/mol. The van der Waals surface area contributed by atoms with Crippen molar-refractivity contribution in [3.05, 3.63) is 12.2 Å². The van der Waals surface area contributed by atoms with Gasteiger partial charge in [0.25, 0.3) is 0 Å². The van der Waals surface area contributed by atoms with E-state index in [0.717, 1.165) is 0 Å². The summed E-state index contributed by atoms with van der Waals surface area (Å²) >= 11 is 0. The minimum atomic E-state index is -0.0829. The molecule has 10 heavy (non-hydrogen) atoms. The molecule has 0 rings (SSSR count). The Labute approximate surface area is 61.3 Å². The minimum absolute atomic E-state index is 0.0590. The van der Waals surface area contributed by atoms with Gasteiger partial charge in [-0.05, 0) is 19.9 Å². The molecular weight excluding hydrogens is 128 g/mol. The molecule has 0 aliphatic heterocycles. The molecule has 0 aromatic heterocycles. The quantitative estimate of drug-likeness (QED) is 0.546. The van der Waals surface area contributed by atoms with Gasteiger partial charge in [0.1, 0.15) is 0 Å². The first kappa shape index (κ1) is 9.17. The fourth-order valence-electron chi connectivity index (χ4n) is 0.501. The van der Waals surface area contributed by atoms with Crippen LogP contribution in [-0.2, 0) is 4.79 Å². The van der Waals surface area contributed by atoms with Crippen molar-refractivity contribution >= 4 is 5.91 Å². The number of amides is 1. The van der Waals surface area contributed by atoms with Crippen LogP contribution in [0.15, 0.2) is 12.2 Å². The first-order valence-electron chi connectivity index (χ1n) is 3.34. The highest BCUT2D eigenvalue weighted by Crippen LogP contribution is 1.77. The van der Waals surface area contributed by atoms with Crippen molar-refractivity contribution in [1.82, 2.24) is 5.32 Å². The summed E-state index contributed by atoms with van der Waals surface area (Å²) in [7, 11) is 0. The summed E-state index contributed by atoms with van der Waals surface area (Å²) in [5.41, 5.74) is 5.28. The summed E-state index contributed by atoms with van der Waals surface area (Å²) in [5.74, 6) is -0.0829. The van der Waals surface area contributed by atoms with E-state index in [2.05, 4.69) is 5.32 Å². The van der Waals surface area contributed by atoms with Crippen LogP contribution in [0.1, 0.15) is 13.8 Å². The molecule has 1 atom stereocenters. The number of nitrogens with one attached hydrogen (secondary N) is 1. The van der Waals surface area contributed by atoms with Crippen molar-refractivity contribution < 1.29 is 4.79 Å². The average molecular weight is 142 g/mol. The third-order valence-electron chi connectivity index (χ3n) is 1.06. The van der Waals surface area contributed by atoms with Crippen molar-refractivity contribution in [2.75, 3.05) is 6.54 Å². The zero-order valence-electron chi connectivity index (χ0n) is 6.42. The Morgan fingerprint density at radius 1 is 1.80 bits per heavy atom. The lowest BCUT2D eigenvalue weighted by molar-refractivity contribution is -0.117. The number of hydrogen-bond acceptors (Lipinski definition) is 2. The van der Waals surface area contributed by atoms with E-state index in [4.69, 9.17) is 5.73 Å². The lowest BCUT2D eigenvalue weighted by Crippen LogP contribution is -2.36. The summed E-state index contributed by atoms with van der Waals surface area (Å²) in [6, 6.07) is 0.0590. The van der Waals surface area contributed by atoms with Crippen molar-refractivity contribution in [3.8, 4) is 0 Å². The van der Waals surface area contributed by atoms with Crippen molar-refractivity contribution in [1.29, 1.82) is 0 Å². The summed E-state index contributed by atoms with van der Waals surface area (Å²) in [5, 5.41) is 2.68. The molecule has 0 fully saturated rings. The van der Waals surface area contributed by atoms with Crippen LogP contribution in [0, 0.1) is 0 Å². The number of carbonyl (C=O) groups is 1. The summed E-state index contributed by atoms with van der Waals surface area (Å²) in [6.07, 6.45) is 3.17. The van der Waals surface area contributed by atoms with Gasteiger partial charge in [0.05, 0.1) is 0 Å². The molecule has 1 unspecified atom stereocenters. The second-order valence-corrected chi connectivity index (χ2v) is 2.15. The third kappa shape index (κ3) is 4.09. The van der Waals surface area contributed by atoms with Crippen LogP contribution in [0.3, 0.4) is 0 Å². The van der Waals surface area contributed by atoms with Crippen LogP contribution >= 0.6 is 0 Å². The summed E-state index contributed by atoms with van der Waals surface area (Å²) < 4.78 is 0. The van der Waals surface area contributed by atoms with E-state index in [9.17, 15) is 4.79 Å². The number of hydrogen-bond donors (Lipinski definition) is 2. The Balaban J connectivity index is 3.57. The smallest absolute Gasteiger partial charge is 0.243 e. The van der Waals surface area contributed by atoms with Gasteiger partial charge in [-0.25, -0.2) is 0 Å². The second kappa shape index (κ2) is 4.99. The normalized spacial score (nSPS) is 13.5. The van der Waals surface area contributed by atoms with Crippen LogP contribution in [0.4, 0.5) is 0 Å². The Bertz CT molecular complexity index is 132. The minimum Gasteiger partial charge on any atom is -0.349 e. The molecule has 0 aliphatic carbocycles. The number of allylic oxidation sites excluding steroid dienone is 1. The van der Waals surface area contributed by atoms with Gasteiger partial charge in [-0.15, -0.1) is 0 Å². The van der Waals surface area contributed by atoms with Gasteiger partial charge in [0, 0.05) is 12.6 Å². The van der Waals surface area contributed by atoms with Crippen molar-refractivity contribution in [2.45, 2.75) is 19.9 Å². The number of carbonyl (C=O) groups excluding carboxylic acids is 1. The largest absolute Gasteiger partial charge is 0.349 e. The van der Waals surface area contributed by atoms with Gasteiger partial charge in [0.2, 0.25) is 5.91 Å². The first-order chi connectivity index (χ1) is 4.70. The monoisotopic (exact) mass is 142 g/mol. The van der Waals surface area contributed by atoms with E-state index < -0.39 is 0 Å². The molecule has 0 aromatic carbocycles. The van der Waals surface area contributed by atoms with Crippen LogP contribution in [0.2, 0.25) is 0 Å². The van der Waals surface area contributed by atoms with Crippen molar-refractivity contribution in [3.63, 3.8) is 0 Å². The van der Waals surface area contributed by atoms with Gasteiger partial charge >= 0.3 is 0 Å². The lowest BCUT2D eigenvalue weighted by Gasteiger charge is -2.07. The molecule has 1 amide bonds. The molecule has 0 aromatic rings. The van der Waals surface area contributed by atoms with E-state index in [1.54, 1.807) is 13.0 Å². The molecule has 58 valence electrons. The molecule has 3 heteroatoms. The zero-order chi connectivity index (χ0) is 7.98.